The van der Waals surface area contributed by atoms with Crippen molar-refractivity contribution in [2.75, 3.05) is 33.9 Å². The van der Waals surface area contributed by atoms with Crippen LogP contribution in [0, 0.1) is 5.82 Å². The molecule has 2 aromatic carbocycles. The maximum Gasteiger partial charge on any atom is 0.275 e. The molecule has 0 bridgehead atoms. The van der Waals surface area contributed by atoms with Gasteiger partial charge in [0.1, 0.15) is 23.4 Å². The third-order valence-electron chi connectivity index (χ3n) is 5.36. The summed E-state index contributed by atoms with van der Waals surface area (Å²) in [6, 6.07) is 12.7. The Balaban J connectivity index is 1.57. The van der Waals surface area contributed by atoms with E-state index in [1.165, 1.54) is 11.0 Å². The van der Waals surface area contributed by atoms with Gasteiger partial charge in [-0.1, -0.05) is 18.2 Å². The summed E-state index contributed by atoms with van der Waals surface area (Å²) in [5.41, 5.74) is 1.73. The third-order valence-corrected chi connectivity index (χ3v) is 5.36. The molecule has 2 aromatic rings. The van der Waals surface area contributed by atoms with E-state index in [0.29, 0.717) is 25.1 Å². The maximum absolute atomic E-state index is 13.7. The minimum Gasteiger partial charge on any atom is -0.497 e. The van der Waals surface area contributed by atoms with Crippen LogP contribution in [0.15, 0.2) is 42.5 Å². The van der Waals surface area contributed by atoms with Crippen molar-refractivity contribution in [3.05, 3.63) is 59.4 Å². The largest absolute Gasteiger partial charge is 0.497 e. The molecule has 1 saturated heterocycles. The summed E-state index contributed by atoms with van der Waals surface area (Å²) >= 11 is 0. The fourth-order valence-corrected chi connectivity index (χ4v) is 3.91. The number of carbonyl (C=O) groups is 1. The van der Waals surface area contributed by atoms with Crippen LogP contribution in [-0.4, -0.2) is 39.8 Å². The van der Waals surface area contributed by atoms with Crippen LogP contribution in [0.4, 0.5) is 4.39 Å². The van der Waals surface area contributed by atoms with Gasteiger partial charge < -0.3 is 19.7 Å². The van der Waals surface area contributed by atoms with Crippen LogP contribution in [0.5, 0.6) is 11.5 Å². The molecule has 28 heavy (non-hydrogen) atoms. The Morgan fingerprint density at radius 2 is 2.04 bits per heavy atom. The summed E-state index contributed by atoms with van der Waals surface area (Å²) in [5.74, 6) is 1.31. The third kappa shape index (κ3) is 4.81. The number of methoxy groups -OCH3 is 2. The van der Waals surface area contributed by atoms with Crippen molar-refractivity contribution in [1.82, 2.24) is 5.32 Å². The Bertz CT molecular complexity index is 812. The van der Waals surface area contributed by atoms with Gasteiger partial charge in [0.05, 0.1) is 26.3 Å². The predicted octanol–water partition coefficient (Wildman–Crippen LogP) is 1.92. The van der Waals surface area contributed by atoms with Gasteiger partial charge >= 0.3 is 0 Å². The Hall–Kier alpha value is -2.60. The van der Waals surface area contributed by atoms with E-state index in [1.54, 1.807) is 32.4 Å². The van der Waals surface area contributed by atoms with Crippen LogP contribution < -0.4 is 19.7 Å². The highest BCUT2D eigenvalue weighted by atomic mass is 19.1. The molecular formula is C22H28FN2O3+. The zero-order valence-electron chi connectivity index (χ0n) is 16.5. The monoisotopic (exact) mass is 387 g/mol. The van der Waals surface area contributed by atoms with E-state index in [0.717, 1.165) is 36.4 Å². The van der Waals surface area contributed by atoms with Gasteiger partial charge in [0.15, 0.2) is 6.54 Å². The summed E-state index contributed by atoms with van der Waals surface area (Å²) < 4.78 is 24.5. The molecule has 0 spiro atoms. The van der Waals surface area contributed by atoms with Crippen LogP contribution in [0.3, 0.4) is 0 Å². The molecule has 1 fully saturated rings. The predicted molar refractivity (Wildman–Crippen MR) is 105 cm³/mol. The summed E-state index contributed by atoms with van der Waals surface area (Å²) in [5, 5.41) is 2.93. The molecule has 2 atom stereocenters. The van der Waals surface area contributed by atoms with E-state index < -0.39 is 0 Å². The maximum atomic E-state index is 13.7. The first-order valence-corrected chi connectivity index (χ1v) is 9.69. The standard InChI is InChI=1S/C22H27FN2O3/c1-27-17-9-10-18(21(14-17)28-2)20-8-5-13-25(20)15-22(26)24-12-11-16-6-3-4-7-19(16)23/h3-4,6-7,9-10,14,20H,5,8,11-13,15H2,1-2H3,(H,24,26)/p+1/t20-/m1/s1. The van der Waals surface area contributed by atoms with Crippen LogP contribution >= 0.6 is 0 Å². The van der Waals surface area contributed by atoms with Gasteiger partial charge in [-0.15, -0.1) is 0 Å². The smallest absolute Gasteiger partial charge is 0.275 e. The van der Waals surface area contributed by atoms with E-state index in [1.807, 2.05) is 18.2 Å². The van der Waals surface area contributed by atoms with Crippen LogP contribution in [-0.2, 0) is 11.2 Å². The summed E-state index contributed by atoms with van der Waals surface area (Å²) in [4.78, 5) is 13.7. The lowest BCUT2D eigenvalue weighted by molar-refractivity contribution is -0.910. The molecule has 6 heteroatoms. The van der Waals surface area contributed by atoms with Crippen molar-refractivity contribution in [2.45, 2.75) is 25.3 Å². The van der Waals surface area contributed by atoms with Crippen molar-refractivity contribution >= 4 is 5.91 Å². The second kappa shape index (κ2) is 9.55. The van der Waals surface area contributed by atoms with Gasteiger partial charge in [-0.2, -0.15) is 0 Å². The number of hydrogen-bond acceptors (Lipinski definition) is 3. The molecule has 1 aliphatic rings. The van der Waals surface area contributed by atoms with Crippen LogP contribution in [0.1, 0.15) is 30.0 Å². The number of amides is 1. The topological polar surface area (TPSA) is 52.0 Å². The number of benzene rings is 2. The average molecular weight is 387 g/mol. The molecule has 1 heterocycles. The highest BCUT2D eigenvalue weighted by Crippen LogP contribution is 2.31. The van der Waals surface area contributed by atoms with Gasteiger partial charge in [-0.05, 0) is 30.2 Å². The number of halogens is 1. The quantitative estimate of drug-likeness (QED) is 0.728. The lowest BCUT2D eigenvalue weighted by Gasteiger charge is -2.23. The van der Waals surface area contributed by atoms with Crippen LogP contribution in [0.2, 0.25) is 0 Å². The molecule has 0 aliphatic carbocycles. The Morgan fingerprint density at radius 1 is 1.21 bits per heavy atom. The number of nitrogens with one attached hydrogen (secondary N) is 2. The van der Waals surface area contributed by atoms with E-state index >= 15 is 0 Å². The molecule has 1 amide bonds. The SMILES string of the molecule is COc1ccc([C@H]2CCC[NH+]2CC(=O)NCCc2ccccc2F)c(OC)c1. The second-order valence-electron chi connectivity index (χ2n) is 7.08. The zero-order chi connectivity index (χ0) is 19.9. The van der Waals surface area contributed by atoms with Crippen molar-refractivity contribution < 1.29 is 23.6 Å². The molecule has 2 N–H and O–H groups in total. The van der Waals surface area contributed by atoms with Gasteiger partial charge in [0.25, 0.3) is 5.91 Å². The molecule has 1 unspecified atom stereocenters. The number of hydrogen-bond donors (Lipinski definition) is 2. The first kappa shape index (κ1) is 20.1. The molecule has 0 saturated carbocycles. The average Bonchev–Trinajstić information content (AvgIpc) is 3.16. The minimum atomic E-state index is -0.228. The number of rotatable bonds is 8. The summed E-state index contributed by atoms with van der Waals surface area (Å²) in [7, 11) is 3.29. The minimum absolute atomic E-state index is 0.00859. The Labute approximate surface area is 165 Å². The zero-order valence-corrected chi connectivity index (χ0v) is 16.5. The number of likely N-dealkylation sites (tertiary alicyclic amines) is 1. The van der Waals surface area contributed by atoms with E-state index in [-0.39, 0.29) is 17.8 Å². The van der Waals surface area contributed by atoms with Gasteiger partial charge in [-0.25, -0.2) is 4.39 Å². The van der Waals surface area contributed by atoms with Gasteiger partial charge in [-0.3, -0.25) is 4.79 Å². The highest BCUT2D eigenvalue weighted by Gasteiger charge is 2.33. The fourth-order valence-electron chi connectivity index (χ4n) is 3.91. The number of ether oxygens (including phenoxy) is 2. The van der Waals surface area contributed by atoms with Crippen molar-refractivity contribution in [3.63, 3.8) is 0 Å². The highest BCUT2D eigenvalue weighted by molar-refractivity contribution is 5.76. The van der Waals surface area contributed by atoms with Gasteiger partial charge in [0, 0.05) is 25.5 Å². The Kier molecular flexibility index (Phi) is 6.87. The number of carbonyl (C=O) groups excluding carboxylic acids is 1. The molecule has 0 aromatic heterocycles. The molecule has 1 aliphatic heterocycles. The van der Waals surface area contributed by atoms with Crippen LogP contribution in [0.25, 0.3) is 0 Å². The van der Waals surface area contributed by atoms with Crippen molar-refractivity contribution in [1.29, 1.82) is 0 Å². The molecular weight excluding hydrogens is 359 g/mol. The van der Waals surface area contributed by atoms with Crippen molar-refractivity contribution in [3.8, 4) is 11.5 Å². The first-order chi connectivity index (χ1) is 13.6. The lowest BCUT2D eigenvalue weighted by Crippen LogP contribution is -3.11. The van der Waals surface area contributed by atoms with E-state index in [2.05, 4.69) is 5.32 Å². The molecule has 5 nitrogen and oxygen atoms in total. The van der Waals surface area contributed by atoms with Crippen molar-refractivity contribution in [2.24, 2.45) is 0 Å². The molecule has 150 valence electrons. The second-order valence-corrected chi connectivity index (χ2v) is 7.08. The molecule has 3 rings (SSSR count). The fraction of sp³-hybridized carbons (Fsp3) is 0.409. The van der Waals surface area contributed by atoms with E-state index in [4.69, 9.17) is 9.47 Å². The normalized spacial score (nSPS) is 18.7. The number of quaternary nitrogens is 1. The summed E-state index contributed by atoms with van der Waals surface area (Å²) in [6.45, 7) is 1.78. The van der Waals surface area contributed by atoms with Gasteiger partial charge in [0.2, 0.25) is 0 Å². The van der Waals surface area contributed by atoms with E-state index in [9.17, 15) is 9.18 Å². The summed E-state index contributed by atoms with van der Waals surface area (Å²) in [6.07, 6.45) is 2.57. The Morgan fingerprint density at radius 3 is 2.79 bits per heavy atom. The lowest BCUT2D eigenvalue weighted by atomic mass is 10.0. The first-order valence-electron chi connectivity index (χ1n) is 9.69. The molecule has 0 radical (unpaired) electrons.